The van der Waals surface area contributed by atoms with E-state index < -0.39 is 5.09 Å². The van der Waals surface area contributed by atoms with Gasteiger partial charge in [-0.2, -0.15) is 0 Å². The summed E-state index contributed by atoms with van der Waals surface area (Å²) in [5, 5.41) is 14.8. The van der Waals surface area contributed by atoms with Crippen molar-refractivity contribution in [2.45, 2.75) is 41.5 Å². The van der Waals surface area contributed by atoms with Gasteiger partial charge in [0.1, 0.15) is 0 Å². The van der Waals surface area contributed by atoms with Crippen LogP contribution in [0.4, 0.5) is 0 Å². The zero-order valence-corrected chi connectivity index (χ0v) is 13.8. The van der Waals surface area contributed by atoms with Crippen LogP contribution in [0, 0.1) is 15.3 Å². The number of nitrogens with zero attached hydrogens (tertiary/aromatic N) is 4. The quantitative estimate of drug-likeness (QED) is 0.247. The molecule has 0 spiro atoms. The average molecular weight is 290 g/mol. The average Bonchev–Trinajstić information content (AvgIpc) is 2.42. The molecule has 0 unspecified atom stereocenters. The highest BCUT2D eigenvalue weighted by Crippen LogP contribution is 2.12. The third-order valence-corrected chi connectivity index (χ3v) is 3.59. The molecule has 7 nitrogen and oxygen atoms in total. The van der Waals surface area contributed by atoms with Gasteiger partial charge in [0.05, 0.1) is 24.7 Å². The zero-order valence-electron chi connectivity index (χ0n) is 13.8. The largest absolute Gasteiger partial charge is 0.356 e. The predicted octanol–water partition coefficient (Wildman–Crippen LogP) is 2.34. The maximum Gasteiger partial charge on any atom is 0.300 e. The van der Waals surface area contributed by atoms with Gasteiger partial charge in [-0.05, 0) is 41.5 Å². The summed E-state index contributed by atoms with van der Waals surface area (Å²) in [5.41, 5.74) is 0. The van der Waals surface area contributed by atoms with E-state index in [4.69, 9.17) is 20.3 Å². The summed E-state index contributed by atoms with van der Waals surface area (Å²) >= 11 is 0. The number of aliphatic imine (C=N–C) groups is 1. The molecule has 0 radical (unpaired) electrons. The minimum Gasteiger partial charge on any atom is -0.356 e. The van der Waals surface area contributed by atoms with Crippen LogP contribution < -0.4 is 0 Å². The lowest BCUT2D eigenvalue weighted by atomic mass is 10.3. The van der Waals surface area contributed by atoms with Gasteiger partial charge in [-0.25, -0.2) is 4.99 Å². The highest BCUT2D eigenvalue weighted by atomic mass is 16.9. The van der Waals surface area contributed by atoms with E-state index in [0.717, 1.165) is 43.8 Å². The van der Waals surface area contributed by atoms with Crippen LogP contribution in [0.25, 0.3) is 0 Å². The van der Waals surface area contributed by atoms with E-state index in [1.165, 1.54) is 5.96 Å². The van der Waals surface area contributed by atoms with E-state index in [1.807, 2.05) is 0 Å². The van der Waals surface area contributed by atoms with E-state index in [-0.39, 0.29) is 0 Å². The smallest absolute Gasteiger partial charge is 0.300 e. The Morgan fingerprint density at radius 1 is 1.00 bits per heavy atom. The van der Waals surface area contributed by atoms with Crippen LogP contribution in [0.2, 0.25) is 0 Å². The highest BCUT2D eigenvalue weighted by molar-refractivity contribution is 5.73. The maximum absolute atomic E-state index is 8.25. The molecule has 0 atom stereocenters. The first-order valence-electron chi connectivity index (χ1n) is 7.36. The van der Waals surface area contributed by atoms with E-state index in [9.17, 15) is 0 Å². The van der Waals surface area contributed by atoms with Gasteiger partial charge in [-0.15, -0.1) is 0 Å². The van der Waals surface area contributed by atoms with Gasteiger partial charge in [-0.3, -0.25) is 4.48 Å². The van der Waals surface area contributed by atoms with Gasteiger partial charge in [0.2, 0.25) is 0 Å². The van der Waals surface area contributed by atoms with Crippen LogP contribution in [0.15, 0.2) is 4.99 Å². The molecule has 0 N–H and O–H groups in total. The molecule has 20 heavy (non-hydrogen) atoms. The van der Waals surface area contributed by atoms with E-state index >= 15 is 0 Å². The Morgan fingerprint density at radius 3 is 1.55 bits per heavy atom. The van der Waals surface area contributed by atoms with Crippen molar-refractivity contribution < 1.29 is 9.57 Å². The molecule has 0 saturated heterocycles. The van der Waals surface area contributed by atoms with Crippen LogP contribution >= 0.6 is 0 Å². The summed E-state index contributed by atoms with van der Waals surface area (Å²) in [6.07, 6.45) is 0. The minimum atomic E-state index is -1.75. The Morgan fingerprint density at radius 2 is 1.35 bits per heavy atom. The molecule has 0 aliphatic heterocycles. The summed E-state index contributed by atoms with van der Waals surface area (Å²) in [6, 6.07) is 0. The van der Waals surface area contributed by atoms with Crippen LogP contribution in [-0.2, 0) is 0 Å². The predicted molar refractivity (Wildman–Crippen MR) is 83.1 cm³/mol. The molecular formula is C13H30N4O3. The molecule has 0 aromatic carbocycles. The van der Waals surface area contributed by atoms with Crippen LogP contribution in [0.3, 0.4) is 0 Å². The number of rotatable bonds is 6. The van der Waals surface area contributed by atoms with E-state index in [1.54, 1.807) is 0 Å². The molecule has 120 valence electrons. The molecule has 7 heteroatoms. The van der Waals surface area contributed by atoms with Gasteiger partial charge < -0.3 is 20.2 Å². The summed E-state index contributed by atoms with van der Waals surface area (Å²) in [7, 11) is 0. The van der Waals surface area contributed by atoms with Crippen molar-refractivity contribution in [2.24, 2.45) is 4.99 Å². The van der Waals surface area contributed by atoms with Crippen molar-refractivity contribution >= 4 is 5.96 Å². The lowest BCUT2D eigenvalue weighted by Gasteiger charge is -2.39. The van der Waals surface area contributed by atoms with Crippen molar-refractivity contribution in [3.8, 4) is 0 Å². The van der Waals surface area contributed by atoms with Crippen molar-refractivity contribution in [2.75, 3.05) is 39.3 Å². The van der Waals surface area contributed by atoms with Gasteiger partial charge in [0.15, 0.2) is 0 Å². The topological polar surface area (TPSA) is 81.8 Å². The molecule has 0 aromatic heterocycles. The summed E-state index contributed by atoms with van der Waals surface area (Å²) < 4.78 is 1.01. The molecule has 0 aliphatic rings. The molecule has 0 aliphatic carbocycles. The summed E-state index contributed by atoms with van der Waals surface area (Å²) in [5.74, 6) is 1.28. The first kappa shape index (κ1) is 20.9. The molecule has 0 saturated carbocycles. The first-order valence-corrected chi connectivity index (χ1v) is 7.36. The SMILES string of the molecule is CCN=C(N(CC)CC)[N+](CC)(CC)CC.O=[N+]([O-])[O-]. The fourth-order valence-electron chi connectivity index (χ4n) is 2.29. The van der Waals surface area contributed by atoms with Crippen LogP contribution in [-0.4, -0.2) is 59.7 Å². The second-order valence-corrected chi connectivity index (χ2v) is 4.26. The van der Waals surface area contributed by atoms with Crippen molar-refractivity contribution in [1.82, 2.24) is 4.90 Å². The minimum absolute atomic E-state index is 0.881. The second-order valence-electron chi connectivity index (χ2n) is 4.26. The lowest BCUT2D eigenvalue weighted by molar-refractivity contribution is -0.841. The first-order chi connectivity index (χ1) is 9.38. The molecule has 0 heterocycles. The standard InChI is InChI=1S/C13H30N3.NO3/c1-7-14-13(15(8-2)9-3)16(10-4,11-5)12-6;2-1(3)4/h7-12H2,1-6H3;/q+1;-1. The van der Waals surface area contributed by atoms with Crippen molar-refractivity contribution in [3.05, 3.63) is 15.3 Å². The third kappa shape index (κ3) is 6.70. The zero-order chi connectivity index (χ0) is 16.2. The van der Waals surface area contributed by atoms with Crippen LogP contribution in [0.5, 0.6) is 0 Å². The molecule has 0 bridgehead atoms. The maximum atomic E-state index is 8.25. The Balaban J connectivity index is 0. The molecule has 0 amide bonds. The number of hydrogen-bond donors (Lipinski definition) is 0. The lowest BCUT2D eigenvalue weighted by Crippen LogP contribution is -2.59. The van der Waals surface area contributed by atoms with Crippen LogP contribution in [0.1, 0.15) is 41.5 Å². The fourth-order valence-corrected chi connectivity index (χ4v) is 2.29. The van der Waals surface area contributed by atoms with Crippen molar-refractivity contribution in [1.29, 1.82) is 0 Å². The van der Waals surface area contributed by atoms with E-state index in [2.05, 4.69) is 46.4 Å². The van der Waals surface area contributed by atoms with Gasteiger partial charge in [-0.1, -0.05) is 0 Å². The summed E-state index contributed by atoms with van der Waals surface area (Å²) in [6.45, 7) is 19.7. The highest BCUT2D eigenvalue weighted by Gasteiger charge is 2.32. The van der Waals surface area contributed by atoms with Crippen molar-refractivity contribution in [3.63, 3.8) is 0 Å². The Bertz CT molecular complexity index is 275. The Hall–Kier alpha value is -1.37. The molecule has 0 aromatic rings. The number of guanidine groups is 1. The Labute approximate surface area is 122 Å². The van der Waals surface area contributed by atoms with Gasteiger partial charge in [0.25, 0.3) is 5.96 Å². The normalized spacial score (nSPS) is 11.6. The molecule has 0 fully saturated rings. The number of quaternary nitrogens is 1. The Kier molecular flexibility index (Phi) is 12.0. The van der Waals surface area contributed by atoms with E-state index in [0.29, 0.717) is 0 Å². The monoisotopic (exact) mass is 290 g/mol. The molecule has 0 rings (SSSR count). The molecular weight excluding hydrogens is 260 g/mol. The second kappa shape index (κ2) is 11.5. The van der Waals surface area contributed by atoms with Gasteiger partial charge >= 0.3 is 0 Å². The number of hydrogen-bond acceptors (Lipinski definition) is 4. The summed E-state index contributed by atoms with van der Waals surface area (Å²) in [4.78, 5) is 15.4. The fraction of sp³-hybridized carbons (Fsp3) is 0.923. The third-order valence-electron chi connectivity index (χ3n) is 3.59. The van der Waals surface area contributed by atoms with Gasteiger partial charge in [0, 0.05) is 19.6 Å².